The van der Waals surface area contributed by atoms with Crippen LogP contribution in [-0.4, -0.2) is 11.7 Å². The summed E-state index contributed by atoms with van der Waals surface area (Å²) in [7, 11) is 0. The van der Waals surface area contributed by atoms with Gasteiger partial charge in [0.15, 0.2) is 5.78 Å². The van der Waals surface area contributed by atoms with Gasteiger partial charge in [-0.1, -0.05) is 23.7 Å². The van der Waals surface area contributed by atoms with E-state index in [4.69, 9.17) is 11.6 Å². The minimum Gasteiger partial charge on any atom is -0.321 e. The molecule has 0 aromatic heterocycles. The van der Waals surface area contributed by atoms with E-state index in [1.165, 1.54) is 6.92 Å². The Balaban J connectivity index is 2.28. The van der Waals surface area contributed by atoms with Crippen LogP contribution in [0.15, 0.2) is 42.5 Å². The van der Waals surface area contributed by atoms with Crippen LogP contribution in [-0.2, 0) is 0 Å². The minimum atomic E-state index is -0.265. The first kappa shape index (κ1) is 14.3. The Morgan fingerprint density at radius 1 is 1.10 bits per heavy atom. The molecule has 0 unspecified atom stereocenters. The lowest BCUT2D eigenvalue weighted by atomic mass is 10.1. The molecule has 0 spiro atoms. The van der Waals surface area contributed by atoms with E-state index < -0.39 is 0 Å². The summed E-state index contributed by atoms with van der Waals surface area (Å²) in [5, 5.41) is 3.37. The number of ketones is 1. The number of carbonyl (C=O) groups excluding carboxylic acids is 2. The number of para-hydroxylation sites is 1. The Morgan fingerprint density at radius 2 is 1.80 bits per heavy atom. The molecule has 2 aromatic rings. The zero-order chi connectivity index (χ0) is 14.7. The summed E-state index contributed by atoms with van der Waals surface area (Å²) in [6.07, 6.45) is 0. The number of halogens is 1. The van der Waals surface area contributed by atoms with E-state index in [2.05, 4.69) is 5.32 Å². The van der Waals surface area contributed by atoms with Crippen molar-refractivity contribution in [2.75, 3.05) is 5.32 Å². The fourth-order valence-corrected chi connectivity index (χ4v) is 2.00. The molecule has 0 bridgehead atoms. The van der Waals surface area contributed by atoms with E-state index in [0.717, 1.165) is 5.56 Å². The van der Waals surface area contributed by atoms with E-state index in [9.17, 15) is 9.59 Å². The van der Waals surface area contributed by atoms with Gasteiger partial charge in [0.25, 0.3) is 5.91 Å². The molecule has 2 aromatic carbocycles. The first-order chi connectivity index (χ1) is 9.49. The summed E-state index contributed by atoms with van der Waals surface area (Å²) in [4.78, 5) is 23.7. The largest absolute Gasteiger partial charge is 0.321 e. The van der Waals surface area contributed by atoms with Gasteiger partial charge in [0.2, 0.25) is 0 Å². The van der Waals surface area contributed by atoms with Crippen molar-refractivity contribution in [1.82, 2.24) is 0 Å². The number of aryl methyl sites for hydroxylation is 1. The Hall–Kier alpha value is -2.13. The Labute approximate surface area is 122 Å². The third kappa shape index (κ3) is 3.06. The summed E-state index contributed by atoms with van der Waals surface area (Å²) < 4.78 is 0. The van der Waals surface area contributed by atoms with E-state index in [1.807, 2.05) is 6.92 Å². The lowest BCUT2D eigenvalue weighted by Crippen LogP contribution is -2.14. The second-order valence-electron chi connectivity index (χ2n) is 4.52. The predicted octanol–water partition coefficient (Wildman–Crippen LogP) is 4.10. The number of hydrogen-bond donors (Lipinski definition) is 1. The van der Waals surface area contributed by atoms with Crippen molar-refractivity contribution in [2.24, 2.45) is 0 Å². The molecule has 1 N–H and O–H groups in total. The van der Waals surface area contributed by atoms with E-state index in [0.29, 0.717) is 21.8 Å². The molecule has 0 radical (unpaired) electrons. The molecular weight excluding hydrogens is 274 g/mol. The molecule has 4 heteroatoms. The van der Waals surface area contributed by atoms with Crippen LogP contribution in [0.2, 0.25) is 5.02 Å². The van der Waals surface area contributed by atoms with Crippen LogP contribution in [0.1, 0.15) is 33.2 Å². The topological polar surface area (TPSA) is 46.2 Å². The van der Waals surface area contributed by atoms with Gasteiger partial charge in [-0.15, -0.1) is 0 Å². The number of benzene rings is 2. The molecule has 0 heterocycles. The molecule has 0 saturated carbocycles. The SMILES string of the molecule is CC(=O)c1ccccc1NC(=O)c1ccc(Cl)c(C)c1. The van der Waals surface area contributed by atoms with E-state index >= 15 is 0 Å². The van der Waals surface area contributed by atoms with Crippen LogP contribution in [0.3, 0.4) is 0 Å². The van der Waals surface area contributed by atoms with Crippen LogP contribution >= 0.6 is 11.6 Å². The Morgan fingerprint density at radius 3 is 2.45 bits per heavy atom. The fraction of sp³-hybridized carbons (Fsp3) is 0.125. The van der Waals surface area contributed by atoms with Crippen molar-refractivity contribution < 1.29 is 9.59 Å². The zero-order valence-corrected chi connectivity index (χ0v) is 12.0. The van der Waals surface area contributed by atoms with Gasteiger partial charge in [-0.2, -0.15) is 0 Å². The number of anilines is 1. The maximum absolute atomic E-state index is 12.2. The standard InChI is InChI=1S/C16H14ClNO2/c1-10-9-12(7-8-14(10)17)16(20)18-15-6-4-3-5-13(15)11(2)19/h3-9H,1-2H3,(H,18,20). The molecule has 1 amide bonds. The molecule has 3 nitrogen and oxygen atoms in total. The number of hydrogen-bond acceptors (Lipinski definition) is 2. The fourth-order valence-electron chi connectivity index (χ4n) is 1.88. The van der Waals surface area contributed by atoms with Crippen molar-refractivity contribution >= 4 is 29.0 Å². The average molecular weight is 288 g/mol. The number of nitrogens with one attached hydrogen (secondary N) is 1. The molecular formula is C16H14ClNO2. The highest BCUT2D eigenvalue weighted by Crippen LogP contribution is 2.19. The van der Waals surface area contributed by atoms with Gasteiger partial charge >= 0.3 is 0 Å². The third-order valence-corrected chi connectivity index (χ3v) is 3.40. The summed E-state index contributed by atoms with van der Waals surface area (Å²) in [5.74, 6) is -0.355. The second kappa shape index (κ2) is 5.88. The highest BCUT2D eigenvalue weighted by molar-refractivity contribution is 6.31. The molecule has 102 valence electrons. The number of Topliss-reactive ketones (excluding diaryl/α,β-unsaturated/α-hetero) is 1. The van der Waals surface area contributed by atoms with Gasteiger partial charge in [-0.3, -0.25) is 9.59 Å². The van der Waals surface area contributed by atoms with Gasteiger partial charge in [0.05, 0.1) is 5.69 Å². The first-order valence-corrected chi connectivity index (χ1v) is 6.54. The molecule has 0 atom stereocenters. The molecule has 0 aliphatic heterocycles. The minimum absolute atomic E-state index is 0.0896. The van der Waals surface area contributed by atoms with Crippen LogP contribution in [0, 0.1) is 6.92 Å². The monoisotopic (exact) mass is 287 g/mol. The summed E-state index contributed by atoms with van der Waals surface area (Å²) >= 11 is 5.94. The molecule has 0 saturated heterocycles. The van der Waals surface area contributed by atoms with Crippen molar-refractivity contribution in [3.8, 4) is 0 Å². The molecule has 2 rings (SSSR count). The predicted molar refractivity (Wildman–Crippen MR) is 80.6 cm³/mol. The van der Waals surface area contributed by atoms with Gasteiger partial charge in [0.1, 0.15) is 0 Å². The molecule has 0 aliphatic rings. The second-order valence-corrected chi connectivity index (χ2v) is 4.93. The van der Waals surface area contributed by atoms with Crippen molar-refractivity contribution in [3.63, 3.8) is 0 Å². The smallest absolute Gasteiger partial charge is 0.255 e. The number of rotatable bonds is 3. The van der Waals surface area contributed by atoms with Crippen molar-refractivity contribution in [3.05, 3.63) is 64.2 Å². The zero-order valence-electron chi connectivity index (χ0n) is 11.2. The Kier molecular flexibility index (Phi) is 4.20. The third-order valence-electron chi connectivity index (χ3n) is 2.97. The highest BCUT2D eigenvalue weighted by atomic mass is 35.5. The van der Waals surface area contributed by atoms with Crippen molar-refractivity contribution in [1.29, 1.82) is 0 Å². The quantitative estimate of drug-likeness (QED) is 0.864. The van der Waals surface area contributed by atoms with E-state index in [-0.39, 0.29) is 11.7 Å². The van der Waals surface area contributed by atoms with Crippen LogP contribution < -0.4 is 5.32 Å². The highest BCUT2D eigenvalue weighted by Gasteiger charge is 2.11. The summed E-state index contributed by atoms with van der Waals surface area (Å²) in [5.41, 5.74) is 2.34. The lowest BCUT2D eigenvalue weighted by Gasteiger charge is -2.09. The summed E-state index contributed by atoms with van der Waals surface area (Å²) in [6, 6.07) is 12.0. The number of amides is 1. The first-order valence-electron chi connectivity index (χ1n) is 6.16. The maximum Gasteiger partial charge on any atom is 0.255 e. The maximum atomic E-state index is 12.2. The number of carbonyl (C=O) groups is 2. The van der Waals surface area contributed by atoms with Crippen LogP contribution in [0.4, 0.5) is 5.69 Å². The van der Waals surface area contributed by atoms with Gasteiger partial charge in [-0.05, 0) is 49.7 Å². The van der Waals surface area contributed by atoms with Crippen LogP contribution in [0.25, 0.3) is 0 Å². The van der Waals surface area contributed by atoms with Crippen LogP contribution in [0.5, 0.6) is 0 Å². The Bertz CT molecular complexity index is 680. The lowest BCUT2D eigenvalue weighted by molar-refractivity contribution is 0.101. The average Bonchev–Trinajstić information content (AvgIpc) is 2.42. The van der Waals surface area contributed by atoms with E-state index in [1.54, 1.807) is 42.5 Å². The summed E-state index contributed by atoms with van der Waals surface area (Å²) in [6.45, 7) is 3.31. The van der Waals surface area contributed by atoms with Gasteiger partial charge < -0.3 is 5.32 Å². The van der Waals surface area contributed by atoms with Gasteiger partial charge in [0, 0.05) is 16.1 Å². The van der Waals surface area contributed by atoms with Crippen molar-refractivity contribution in [2.45, 2.75) is 13.8 Å². The molecule has 0 aliphatic carbocycles. The van der Waals surface area contributed by atoms with Gasteiger partial charge in [-0.25, -0.2) is 0 Å². The molecule has 0 fully saturated rings. The molecule has 20 heavy (non-hydrogen) atoms. The normalized spacial score (nSPS) is 10.2.